The van der Waals surface area contributed by atoms with E-state index in [1.165, 1.54) is 0 Å². The Balaban J connectivity index is 1.55. The van der Waals surface area contributed by atoms with E-state index in [4.69, 9.17) is 9.15 Å². The SMILES string of the molecule is Cc1nnc([C@]23CCO[C@H]2CCN(C(=O)/C=C/c2cccs2)C3)o1. The van der Waals surface area contributed by atoms with Crippen molar-refractivity contribution < 1.29 is 13.9 Å². The van der Waals surface area contributed by atoms with E-state index in [1.807, 2.05) is 28.5 Å². The lowest BCUT2D eigenvalue weighted by Gasteiger charge is -2.41. The predicted molar refractivity (Wildman–Crippen MR) is 89.6 cm³/mol. The normalized spacial score (nSPS) is 26.9. The monoisotopic (exact) mass is 345 g/mol. The van der Waals surface area contributed by atoms with E-state index in [0.717, 1.165) is 17.7 Å². The molecule has 2 saturated heterocycles. The zero-order chi connectivity index (χ0) is 16.6. The molecule has 7 heteroatoms. The van der Waals surface area contributed by atoms with Gasteiger partial charge in [0.1, 0.15) is 0 Å². The molecule has 6 nitrogen and oxygen atoms in total. The van der Waals surface area contributed by atoms with E-state index in [9.17, 15) is 4.79 Å². The number of ether oxygens (including phenoxy) is 1. The number of likely N-dealkylation sites (tertiary alicyclic amines) is 1. The number of piperidine rings is 1. The van der Waals surface area contributed by atoms with Crippen LogP contribution >= 0.6 is 11.3 Å². The average molecular weight is 345 g/mol. The Bertz CT molecular complexity index is 755. The highest BCUT2D eigenvalue weighted by molar-refractivity contribution is 7.10. The maximum absolute atomic E-state index is 12.6. The standard InChI is InChI=1S/C17H19N3O3S/c1-12-18-19-16(23-12)17-7-9-22-14(17)6-8-20(11-17)15(21)5-4-13-3-2-10-24-13/h2-5,10,14H,6-9,11H2,1H3/b5-4+/t14-,17-/m0/s1. The molecule has 2 aromatic heterocycles. The first-order valence-corrected chi connectivity index (χ1v) is 8.98. The van der Waals surface area contributed by atoms with Crippen LogP contribution in [0.2, 0.25) is 0 Å². The van der Waals surface area contributed by atoms with Gasteiger partial charge < -0.3 is 14.1 Å². The molecule has 2 aliphatic heterocycles. The number of hydrogen-bond donors (Lipinski definition) is 0. The summed E-state index contributed by atoms with van der Waals surface area (Å²) in [6, 6.07) is 3.97. The van der Waals surface area contributed by atoms with Gasteiger partial charge in [-0.15, -0.1) is 21.5 Å². The molecule has 2 atom stereocenters. The van der Waals surface area contributed by atoms with Crippen LogP contribution in [0.3, 0.4) is 0 Å². The van der Waals surface area contributed by atoms with Gasteiger partial charge in [-0.05, 0) is 30.4 Å². The van der Waals surface area contributed by atoms with Crippen LogP contribution in [0, 0.1) is 6.92 Å². The molecular formula is C17H19N3O3S. The van der Waals surface area contributed by atoms with Gasteiger partial charge in [-0.1, -0.05) is 6.07 Å². The Morgan fingerprint density at radius 3 is 3.17 bits per heavy atom. The third kappa shape index (κ3) is 2.67. The molecule has 0 saturated carbocycles. The number of thiophene rings is 1. The number of carbonyl (C=O) groups excluding carboxylic acids is 1. The molecule has 0 unspecified atom stereocenters. The summed E-state index contributed by atoms with van der Waals surface area (Å²) in [4.78, 5) is 15.5. The highest BCUT2D eigenvalue weighted by Gasteiger charge is 2.53. The maximum atomic E-state index is 12.6. The second-order valence-electron chi connectivity index (χ2n) is 6.29. The summed E-state index contributed by atoms with van der Waals surface area (Å²) in [5, 5.41) is 10.2. The quantitative estimate of drug-likeness (QED) is 0.799. The van der Waals surface area contributed by atoms with Gasteiger partial charge >= 0.3 is 0 Å². The van der Waals surface area contributed by atoms with Crippen molar-refractivity contribution in [1.29, 1.82) is 0 Å². The molecule has 4 heterocycles. The van der Waals surface area contributed by atoms with Crippen molar-refractivity contribution in [3.63, 3.8) is 0 Å². The number of amides is 1. The van der Waals surface area contributed by atoms with Gasteiger partial charge in [0.15, 0.2) is 0 Å². The Kier molecular flexibility index (Phi) is 3.97. The molecule has 2 aliphatic rings. The highest BCUT2D eigenvalue weighted by atomic mass is 32.1. The molecule has 2 fully saturated rings. The summed E-state index contributed by atoms with van der Waals surface area (Å²) in [6.07, 6.45) is 5.16. The summed E-state index contributed by atoms with van der Waals surface area (Å²) in [7, 11) is 0. The molecule has 0 spiro atoms. The van der Waals surface area contributed by atoms with Crippen molar-refractivity contribution in [2.75, 3.05) is 19.7 Å². The molecule has 0 N–H and O–H groups in total. The molecule has 1 amide bonds. The van der Waals surface area contributed by atoms with Crippen LogP contribution in [0.1, 0.15) is 29.5 Å². The molecule has 126 valence electrons. The average Bonchev–Trinajstić information content (AvgIpc) is 3.32. The second-order valence-corrected chi connectivity index (χ2v) is 7.27. The Labute approximate surface area is 144 Å². The highest BCUT2D eigenvalue weighted by Crippen LogP contribution is 2.42. The van der Waals surface area contributed by atoms with Gasteiger partial charge in [0.05, 0.1) is 11.5 Å². The number of rotatable bonds is 3. The summed E-state index contributed by atoms with van der Waals surface area (Å²) >= 11 is 1.62. The fourth-order valence-electron chi connectivity index (χ4n) is 3.58. The fraction of sp³-hybridized carbons (Fsp3) is 0.471. The van der Waals surface area contributed by atoms with Crippen LogP contribution in [0.15, 0.2) is 28.0 Å². The van der Waals surface area contributed by atoms with E-state index in [2.05, 4.69) is 10.2 Å². The van der Waals surface area contributed by atoms with Crippen LogP contribution in [-0.4, -0.2) is 46.8 Å². The van der Waals surface area contributed by atoms with Crippen molar-refractivity contribution in [3.05, 3.63) is 40.2 Å². The number of nitrogens with zero attached hydrogens (tertiary/aromatic N) is 3. The number of carbonyl (C=O) groups is 1. The van der Waals surface area contributed by atoms with Gasteiger partial charge in [-0.25, -0.2) is 0 Å². The third-order valence-corrected chi connectivity index (χ3v) is 5.65. The van der Waals surface area contributed by atoms with Crippen molar-refractivity contribution in [2.24, 2.45) is 0 Å². The number of aryl methyl sites for hydroxylation is 1. The van der Waals surface area contributed by atoms with Crippen LogP contribution in [0.25, 0.3) is 6.08 Å². The zero-order valence-corrected chi connectivity index (χ0v) is 14.3. The Morgan fingerprint density at radius 1 is 1.50 bits per heavy atom. The van der Waals surface area contributed by atoms with Crippen molar-refractivity contribution in [2.45, 2.75) is 31.3 Å². The predicted octanol–water partition coefficient (Wildman–Crippen LogP) is 2.41. The minimum atomic E-state index is -0.369. The van der Waals surface area contributed by atoms with E-state index < -0.39 is 0 Å². The third-order valence-electron chi connectivity index (χ3n) is 4.81. The van der Waals surface area contributed by atoms with E-state index in [-0.39, 0.29) is 17.4 Å². The Hall–Kier alpha value is -1.99. The summed E-state index contributed by atoms with van der Waals surface area (Å²) in [5.74, 6) is 1.16. The number of fused-ring (bicyclic) bond motifs is 1. The molecule has 0 radical (unpaired) electrons. The molecule has 0 aromatic carbocycles. The first-order chi connectivity index (χ1) is 11.7. The first-order valence-electron chi connectivity index (χ1n) is 8.10. The summed E-state index contributed by atoms with van der Waals surface area (Å²) in [5.41, 5.74) is -0.369. The molecule has 0 bridgehead atoms. The lowest BCUT2D eigenvalue weighted by molar-refractivity contribution is -0.130. The van der Waals surface area contributed by atoms with Crippen LogP contribution < -0.4 is 0 Å². The van der Waals surface area contributed by atoms with Gasteiger partial charge in [0, 0.05) is 37.6 Å². The van der Waals surface area contributed by atoms with Gasteiger partial charge in [0.25, 0.3) is 0 Å². The van der Waals surface area contributed by atoms with Crippen molar-refractivity contribution in [1.82, 2.24) is 15.1 Å². The molecule has 0 aliphatic carbocycles. The van der Waals surface area contributed by atoms with Crippen molar-refractivity contribution >= 4 is 23.3 Å². The first kappa shape index (κ1) is 15.5. The Morgan fingerprint density at radius 2 is 2.42 bits per heavy atom. The summed E-state index contributed by atoms with van der Waals surface area (Å²) in [6.45, 7) is 3.70. The van der Waals surface area contributed by atoms with Crippen molar-refractivity contribution in [3.8, 4) is 0 Å². The molecule has 24 heavy (non-hydrogen) atoms. The van der Waals surface area contributed by atoms with Crippen LogP contribution in [0.4, 0.5) is 0 Å². The number of aromatic nitrogens is 2. The minimum absolute atomic E-state index is 0.0179. The molecule has 2 aromatic rings. The number of hydrogen-bond acceptors (Lipinski definition) is 6. The zero-order valence-electron chi connectivity index (χ0n) is 13.5. The van der Waals surface area contributed by atoms with E-state index >= 15 is 0 Å². The van der Waals surface area contributed by atoms with Crippen LogP contribution in [0.5, 0.6) is 0 Å². The molecular weight excluding hydrogens is 326 g/mol. The fourth-order valence-corrected chi connectivity index (χ4v) is 4.20. The minimum Gasteiger partial charge on any atom is -0.425 e. The second kappa shape index (κ2) is 6.14. The summed E-state index contributed by atoms with van der Waals surface area (Å²) < 4.78 is 11.6. The van der Waals surface area contributed by atoms with E-state index in [1.54, 1.807) is 24.3 Å². The van der Waals surface area contributed by atoms with E-state index in [0.29, 0.717) is 31.5 Å². The van der Waals surface area contributed by atoms with Gasteiger partial charge in [0.2, 0.25) is 17.7 Å². The maximum Gasteiger partial charge on any atom is 0.246 e. The van der Waals surface area contributed by atoms with Gasteiger partial charge in [-0.3, -0.25) is 4.79 Å². The van der Waals surface area contributed by atoms with Gasteiger partial charge in [-0.2, -0.15) is 0 Å². The topological polar surface area (TPSA) is 68.5 Å². The molecule has 4 rings (SSSR count). The van der Waals surface area contributed by atoms with Crippen LogP contribution in [-0.2, 0) is 14.9 Å². The lowest BCUT2D eigenvalue weighted by atomic mass is 9.76. The smallest absolute Gasteiger partial charge is 0.246 e. The lowest BCUT2D eigenvalue weighted by Crippen LogP contribution is -2.54. The largest absolute Gasteiger partial charge is 0.425 e.